The number of nitrogens with zero attached hydrogens (tertiary/aromatic N) is 1. The molecule has 0 aliphatic carbocycles. The average Bonchev–Trinajstić information content (AvgIpc) is 2.68. The van der Waals surface area contributed by atoms with Crippen LogP contribution < -0.4 is 3.89 Å². The van der Waals surface area contributed by atoms with Gasteiger partial charge in [0, 0.05) is 21.3 Å². The summed E-state index contributed by atoms with van der Waals surface area (Å²) in [5.74, 6) is -0.572. The van der Waals surface area contributed by atoms with Crippen LogP contribution in [-0.4, -0.2) is 34.6 Å². The number of ether oxygens (including phenoxy) is 1. The molecule has 0 N–H and O–H groups in total. The summed E-state index contributed by atoms with van der Waals surface area (Å²) in [6, 6.07) is 17.7. The molecule has 152 valence electrons. The number of hydrogen-bond acceptors (Lipinski definition) is 4. The zero-order valence-corrected chi connectivity index (χ0v) is 19.0. The molecule has 0 fully saturated rings. The first-order valence-corrected chi connectivity index (χ1v) is 11.4. The number of hydrogen-bond donors (Lipinski definition) is 0. The number of esters is 1. The Morgan fingerprint density at radius 3 is 2.24 bits per heavy atom. The van der Waals surface area contributed by atoms with Crippen molar-refractivity contribution < 1.29 is 17.9 Å². The molecule has 0 spiro atoms. The van der Waals surface area contributed by atoms with Gasteiger partial charge in [0.2, 0.25) is 0 Å². The Balaban J connectivity index is 2.29. The Kier molecular flexibility index (Phi) is 6.12. The summed E-state index contributed by atoms with van der Waals surface area (Å²) in [6.45, 7) is 3.44. The van der Waals surface area contributed by atoms with E-state index in [2.05, 4.69) is 15.9 Å². The van der Waals surface area contributed by atoms with Crippen molar-refractivity contribution in [3.63, 3.8) is 0 Å². The standard InChI is InChI=1S/C22H23BrNO4S/c1-4-28-22(25)15-24(3,29(26,27)17-11-9-16(2)10-12-17)21-14-13-20(23)18-7-5-6-8-19(18)21/h5-14H,4,15H2,1-3H3/q+1. The van der Waals surface area contributed by atoms with Gasteiger partial charge in [0.1, 0.15) is 4.90 Å². The summed E-state index contributed by atoms with van der Waals surface area (Å²) in [7, 11) is -2.42. The number of halogens is 1. The van der Waals surface area contributed by atoms with E-state index in [0.29, 0.717) is 5.69 Å². The number of sulfonamides is 1. The summed E-state index contributed by atoms with van der Waals surface area (Å²) in [4.78, 5) is 12.6. The van der Waals surface area contributed by atoms with Crippen LogP contribution in [0.3, 0.4) is 0 Å². The molecule has 1 unspecified atom stereocenters. The second kappa shape index (κ2) is 8.26. The van der Waals surface area contributed by atoms with Crippen LogP contribution in [0.2, 0.25) is 0 Å². The van der Waals surface area contributed by atoms with Crippen LogP contribution in [-0.2, 0) is 19.6 Å². The maximum Gasteiger partial charge on any atom is 0.363 e. The third-order valence-corrected chi connectivity index (χ3v) is 7.89. The molecule has 0 saturated carbocycles. The molecular formula is C22H23BrNO4S+. The minimum absolute atomic E-state index is 0.155. The second-order valence-corrected chi connectivity index (χ2v) is 10.0. The highest BCUT2D eigenvalue weighted by atomic mass is 79.9. The fraction of sp³-hybridized carbons (Fsp3) is 0.227. The lowest BCUT2D eigenvalue weighted by Crippen LogP contribution is -2.53. The molecule has 0 saturated heterocycles. The van der Waals surface area contributed by atoms with E-state index < -0.39 is 19.9 Å². The second-order valence-electron chi connectivity index (χ2n) is 6.96. The van der Waals surface area contributed by atoms with Crippen LogP contribution >= 0.6 is 15.9 Å². The summed E-state index contributed by atoms with van der Waals surface area (Å²) < 4.78 is 32.9. The maximum atomic E-state index is 13.8. The van der Waals surface area contributed by atoms with Crippen LogP contribution in [0, 0.1) is 6.92 Å². The summed E-state index contributed by atoms with van der Waals surface area (Å²) >= 11 is 3.53. The Bertz CT molecular complexity index is 1160. The lowest BCUT2D eigenvalue weighted by atomic mass is 10.1. The molecule has 7 heteroatoms. The van der Waals surface area contributed by atoms with Gasteiger partial charge < -0.3 is 4.74 Å². The molecule has 3 rings (SSSR count). The lowest BCUT2D eigenvalue weighted by molar-refractivity contribution is -0.142. The minimum atomic E-state index is -3.97. The molecule has 5 nitrogen and oxygen atoms in total. The third-order valence-electron chi connectivity index (χ3n) is 4.94. The van der Waals surface area contributed by atoms with Gasteiger partial charge in [-0.1, -0.05) is 51.8 Å². The van der Waals surface area contributed by atoms with E-state index in [4.69, 9.17) is 4.74 Å². The van der Waals surface area contributed by atoms with Crippen LogP contribution in [0.25, 0.3) is 10.8 Å². The van der Waals surface area contributed by atoms with Gasteiger partial charge in [-0.25, -0.2) is 4.79 Å². The van der Waals surface area contributed by atoms with Crippen molar-refractivity contribution in [3.8, 4) is 0 Å². The fourth-order valence-electron chi connectivity index (χ4n) is 3.35. The van der Waals surface area contributed by atoms with E-state index >= 15 is 0 Å². The van der Waals surface area contributed by atoms with Crippen molar-refractivity contribution >= 4 is 48.4 Å². The van der Waals surface area contributed by atoms with Gasteiger partial charge in [0.25, 0.3) is 0 Å². The number of aryl methyl sites for hydroxylation is 1. The molecular weight excluding hydrogens is 454 g/mol. The summed E-state index contributed by atoms with van der Waals surface area (Å²) in [5, 5.41) is 1.63. The smallest absolute Gasteiger partial charge is 0.363 e. The number of likely N-dealkylation sites (N-methyl/N-ethyl adjacent to an activating group) is 1. The van der Waals surface area contributed by atoms with E-state index in [1.54, 1.807) is 44.3 Å². The van der Waals surface area contributed by atoms with Crippen molar-refractivity contribution in [3.05, 3.63) is 70.7 Å². The van der Waals surface area contributed by atoms with Crippen molar-refractivity contribution in [2.24, 2.45) is 0 Å². The normalized spacial score (nSPS) is 13.8. The number of quaternary nitrogens is 1. The first-order chi connectivity index (χ1) is 13.7. The molecule has 3 aromatic carbocycles. The molecule has 0 amide bonds. The number of rotatable bonds is 6. The predicted octanol–water partition coefficient (Wildman–Crippen LogP) is 4.80. The highest BCUT2D eigenvalue weighted by Crippen LogP contribution is 2.39. The zero-order chi connectivity index (χ0) is 21.2. The Hall–Kier alpha value is -2.22. The van der Waals surface area contributed by atoms with Gasteiger partial charge in [0.05, 0.1) is 13.7 Å². The lowest BCUT2D eigenvalue weighted by Gasteiger charge is -2.32. The average molecular weight is 477 g/mol. The molecule has 0 heterocycles. The van der Waals surface area contributed by atoms with E-state index in [9.17, 15) is 13.2 Å². The summed E-state index contributed by atoms with van der Waals surface area (Å²) in [6.07, 6.45) is 0. The monoisotopic (exact) mass is 476 g/mol. The molecule has 3 aromatic rings. The van der Waals surface area contributed by atoms with E-state index in [0.717, 1.165) is 20.8 Å². The molecule has 0 aliphatic rings. The Morgan fingerprint density at radius 2 is 1.62 bits per heavy atom. The van der Waals surface area contributed by atoms with Gasteiger partial charge in [0.15, 0.2) is 12.2 Å². The molecule has 29 heavy (non-hydrogen) atoms. The van der Waals surface area contributed by atoms with E-state index in [-0.39, 0.29) is 18.0 Å². The summed E-state index contributed by atoms with van der Waals surface area (Å²) in [5.41, 5.74) is 1.47. The third kappa shape index (κ3) is 3.95. The van der Waals surface area contributed by atoms with Crippen molar-refractivity contribution in [2.75, 3.05) is 20.2 Å². The van der Waals surface area contributed by atoms with Crippen molar-refractivity contribution in [1.29, 1.82) is 0 Å². The molecule has 0 bridgehead atoms. The topological polar surface area (TPSA) is 60.4 Å². The SMILES string of the molecule is CCOC(=O)C[N+](C)(c1ccc(Br)c2ccccc12)S(=O)(=O)c1ccc(C)cc1. The Labute approximate surface area is 179 Å². The van der Waals surface area contributed by atoms with Crippen molar-refractivity contribution in [2.45, 2.75) is 18.7 Å². The highest BCUT2D eigenvalue weighted by molar-refractivity contribution is 9.10. The van der Waals surface area contributed by atoms with Gasteiger partial charge in [-0.3, -0.25) is 0 Å². The van der Waals surface area contributed by atoms with Crippen LogP contribution in [0.4, 0.5) is 5.69 Å². The number of carbonyl (C=O) groups is 1. The zero-order valence-electron chi connectivity index (χ0n) is 16.6. The Morgan fingerprint density at radius 1 is 1.00 bits per heavy atom. The molecule has 1 atom stereocenters. The quantitative estimate of drug-likeness (QED) is 0.378. The van der Waals surface area contributed by atoms with E-state index in [1.807, 2.05) is 37.3 Å². The van der Waals surface area contributed by atoms with Gasteiger partial charge in [-0.15, -0.1) is 0 Å². The van der Waals surface area contributed by atoms with Gasteiger partial charge in [-0.2, -0.15) is 12.3 Å². The number of benzene rings is 3. The number of carbonyl (C=O) groups excluding carboxylic acids is 1. The fourth-order valence-corrected chi connectivity index (χ4v) is 5.47. The van der Waals surface area contributed by atoms with Crippen LogP contribution in [0.1, 0.15) is 12.5 Å². The van der Waals surface area contributed by atoms with Crippen LogP contribution in [0.15, 0.2) is 70.0 Å². The number of fused-ring (bicyclic) bond motifs is 1. The van der Waals surface area contributed by atoms with Gasteiger partial charge >= 0.3 is 16.0 Å². The van der Waals surface area contributed by atoms with Gasteiger partial charge in [-0.05, 0) is 38.1 Å². The van der Waals surface area contributed by atoms with Crippen molar-refractivity contribution in [1.82, 2.24) is 3.89 Å². The molecule has 0 aromatic heterocycles. The minimum Gasteiger partial charge on any atom is -0.462 e. The molecule has 0 aliphatic heterocycles. The highest BCUT2D eigenvalue weighted by Gasteiger charge is 2.45. The van der Waals surface area contributed by atoms with E-state index in [1.165, 1.54) is 0 Å². The van der Waals surface area contributed by atoms with Crippen LogP contribution in [0.5, 0.6) is 0 Å². The predicted molar refractivity (Wildman–Crippen MR) is 119 cm³/mol. The maximum absolute atomic E-state index is 13.8. The first kappa shape index (κ1) is 21.5. The first-order valence-electron chi connectivity index (χ1n) is 9.21. The molecule has 0 radical (unpaired) electrons. The largest absolute Gasteiger partial charge is 0.462 e.